The fourth-order valence-electron chi connectivity index (χ4n) is 2.77. The molecule has 0 saturated carbocycles. The first-order chi connectivity index (χ1) is 12.7. The van der Waals surface area contributed by atoms with Crippen LogP contribution < -0.4 is 5.32 Å². The monoisotopic (exact) mass is 360 g/mol. The smallest absolute Gasteiger partial charge is 0.348 e. The fraction of sp³-hybridized carbons (Fsp3) is 0.0476. The number of esters is 1. The van der Waals surface area contributed by atoms with Gasteiger partial charge in [0.05, 0.1) is 11.8 Å². The zero-order chi connectivity index (χ0) is 17.9. The molecule has 0 radical (unpaired) electrons. The van der Waals surface area contributed by atoms with Crippen molar-refractivity contribution in [3.05, 3.63) is 77.8 Å². The van der Waals surface area contributed by atoms with Crippen LogP contribution in [0.3, 0.4) is 0 Å². The molecule has 0 unspecified atom stereocenters. The maximum atomic E-state index is 11.7. The molecule has 4 rings (SSSR count). The fourth-order valence-corrected chi connectivity index (χ4v) is 3.70. The van der Waals surface area contributed by atoms with Crippen LogP contribution >= 0.6 is 11.3 Å². The SMILES string of the molecule is COC(=O)c1cc2cc(Nc3cccc(-c4ccccc4)c3)ncc2s1. The van der Waals surface area contributed by atoms with E-state index in [4.69, 9.17) is 4.74 Å². The number of thiophene rings is 1. The van der Waals surface area contributed by atoms with Gasteiger partial charge in [-0.3, -0.25) is 0 Å². The lowest BCUT2D eigenvalue weighted by molar-refractivity contribution is 0.0606. The first kappa shape index (κ1) is 16.3. The summed E-state index contributed by atoms with van der Waals surface area (Å²) < 4.78 is 5.74. The third-order valence-corrected chi connectivity index (χ3v) is 5.10. The summed E-state index contributed by atoms with van der Waals surface area (Å²) in [5.74, 6) is 0.410. The van der Waals surface area contributed by atoms with Gasteiger partial charge in [0.2, 0.25) is 0 Å². The number of aromatic nitrogens is 1. The predicted octanol–water partition coefficient (Wildman–Crippen LogP) is 5.49. The van der Waals surface area contributed by atoms with Gasteiger partial charge in [-0.1, -0.05) is 42.5 Å². The highest BCUT2D eigenvalue weighted by Crippen LogP contribution is 2.29. The molecule has 2 heterocycles. The van der Waals surface area contributed by atoms with Crippen LogP contribution in [0.25, 0.3) is 21.2 Å². The summed E-state index contributed by atoms with van der Waals surface area (Å²) in [4.78, 5) is 16.7. The van der Waals surface area contributed by atoms with Crippen LogP contribution in [0.15, 0.2) is 72.9 Å². The molecule has 26 heavy (non-hydrogen) atoms. The Morgan fingerprint density at radius 1 is 1.00 bits per heavy atom. The van der Waals surface area contributed by atoms with Crippen LogP contribution in [0.5, 0.6) is 0 Å². The molecule has 0 atom stereocenters. The molecule has 0 aliphatic heterocycles. The molecule has 5 heteroatoms. The number of carbonyl (C=O) groups excluding carboxylic acids is 1. The van der Waals surface area contributed by atoms with Crippen LogP contribution in [-0.2, 0) is 4.74 Å². The molecule has 0 aliphatic carbocycles. The van der Waals surface area contributed by atoms with E-state index in [9.17, 15) is 4.79 Å². The summed E-state index contributed by atoms with van der Waals surface area (Å²) in [6.45, 7) is 0. The first-order valence-electron chi connectivity index (χ1n) is 8.13. The quantitative estimate of drug-likeness (QED) is 0.489. The molecule has 0 spiro atoms. The number of methoxy groups -OCH3 is 1. The molecular weight excluding hydrogens is 344 g/mol. The summed E-state index contributed by atoms with van der Waals surface area (Å²) in [6, 6.07) is 22.2. The zero-order valence-corrected chi connectivity index (χ0v) is 14.9. The number of nitrogens with zero attached hydrogens (tertiary/aromatic N) is 1. The van der Waals surface area contributed by atoms with Gasteiger partial charge in [0.25, 0.3) is 0 Å². The van der Waals surface area contributed by atoms with Crippen molar-refractivity contribution in [1.29, 1.82) is 0 Å². The Balaban J connectivity index is 1.62. The van der Waals surface area contributed by atoms with Gasteiger partial charge >= 0.3 is 5.97 Å². The average molecular weight is 360 g/mol. The van der Waals surface area contributed by atoms with Crippen molar-refractivity contribution in [2.75, 3.05) is 12.4 Å². The molecule has 1 N–H and O–H groups in total. The third kappa shape index (κ3) is 3.30. The van der Waals surface area contributed by atoms with Crippen molar-refractivity contribution >= 4 is 38.9 Å². The number of carbonyl (C=O) groups is 1. The second-order valence-corrected chi connectivity index (χ2v) is 6.87. The molecule has 2 aromatic heterocycles. The number of hydrogen-bond acceptors (Lipinski definition) is 5. The summed E-state index contributed by atoms with van der Waals surface area (Å²) >= 11 is 1.38. The third-order valence-electron chi connectivity index (χ3n) is 4.03. The number of ether oxygens (including phenoxy) is 1. The lowest BCUT2D eigenvalue weighted by atomic mass is 10.1. The Morgan fingerprint density at radius 3 is 2.62 bits per heavy atom. The Morgan fingerprint density at radius 2 is 1.81 bits per heavy atom. The molecule has 4 aromatic rings. The van der Waals surface area contributed by atoms with Crippen molar-refractivity contribution < 1.29 is 9.53 Å². The molecule has 0 amide bonds. The number of rotatable bonds is 4. The van der Waals surface area contributed by atoms with Crippen LogP contribution in [0, 0.1) is 0 Å². The van der Waals surface area contributed by atoms with Crippen molar-refractivity contribution in [2.24, 2.45) is 0 Å². The Hall–Kier alpha value is -3.18. The van der Waals surface area contributed by atoms with E-state index >= 15 is 0 Å². The molecule has 0 aliphatic rings. The average Bonchev–Trinajstić information content (AvgIpc) is 3.12. The minimum absolute atomic E-state index is 0.323. The van der Waals surface area contributed by atoms with Crippen LogP contribution in [0.2, 0.25) is 0 Å². The van der Waals surface area contributed by atoms with Crippen LogP contribution in [-0.4, -0.2) is 18.1 Å². The largest absolute Gasteiger partial charge is 0.465 e. The lowest BCUT2D eigenvalue weighted by Crippen LogP contribution is -1.96. The number of fused-ring (bicyclic) bond motifs is 1. The zero-order valence-electron chi connectivity index (χ0n) is 14.1. The van der Waals surface area contributed by atoms with Crippen molar-refractivity contribution in [3.8, 4) is 11.1 Å². The molecule has 4 nitrogen and oxygen atoms in total. The molecule has 0 fully saturated rings. The van der Waals surface area contributed by atoms with E-state index in [-0.39, 0.29) is 5.97 Å². The molecule has 0 saturated heterocycles. The normalized spacial score (nSPS) is 10.7. The van der Waals surface area contributed by atoms with Crippen molar-refractivity contribution in [3.63, 3.8) is 0 Å². The van der Waals surface area contributed by atoms with E-state index in [0.717, 1.165) is 27.2 Å². The summed E-state index contributed by atoms with van der Waals surface area (Å²) in [6.07, 6.45) is 1.77. The second kappa shape index (κ2) is 6.98. The van der Waals surface area contributed by atoms with Gasteiger partial charge in [0.15, 0.2) is 0 Å². The summed E-state index contributed by atoms with van der Waals surface area (Å²) in [7, 11) is 1.39. The van der Waals surface area contributed by atoms with Gasteiger partial charge in [-0.15, -0.1) is 11.3 Å². The van der Waals surface area contributed by atoms with E-state index in [2.05, 4.69) is 34.6 Å². The summed E-state index contributed by atoms with van der Waals surface area (Å²) in [5, 5.41) is 4.30. The maximum absolute atomic E-state index is 11.7. The number of benzene rings is 2. The Kier molecular flexibility index (Phi) is 4.37. The Bertz CT molecular complexity index is 1070. The van der Waals surface area contributed by atoms with E-state index in [1.165, 1.54) is 24.0 Å². The lowest BCUT2D eigenvalue weighted by Gasteiger charge is -2.08. The number of pyridine rings is 1. The first-order valence-corrected chi connectivity index (χ1v) is 8.95. The maximum Gasteiger partial charge on any atom is 0.348 e. The number of anilines is 2. The number of hydrogen-bond donors (Lipinski definition) is 1. The standard InChI is InChI=1S/C21H16N2O2S/c1-25-21(24)18-11-16-12-20(22-13-19(16)26-18)23-17-9-5-8-15(10-17)14-6-3-2-4-7-14/h2-13H,1H3,(H,22,23). The van der Waals surface area contributed by atoms with Crippen LogP contribution in [0.1, 0.15) is 9.67 Å². The summed E-state index contributed by atoms with van der Waals surface area (Å²) in [5.41, 5.74) is 3.27. The van der Waals surface area contributed by atoms with Gasteiger partial charge in [-0.25, -0.2) is 9.78 Å². The predicted molar refractivity (Wildman–Crippen MR) is 106 cm³/mol. The topological polar surface area (TPSA) is 51.2 Å². The van der Waals surface area contributed by atoms with Gasteiger partial charge in [-0.2, -0.15) is 0 Å². The minimum Gasteiger partial charge on any atom is -0.465 e. The van der Waals surface area contributed by atoms with Crippen molar-refractivity contribution in [2.45, 2.75) is 0 Å². The van der Waals surface area contributed by atoms with Crippen molar-refractivity contribution in [1.82, 2.24) is 4.98 Å². The second-order valence-electron chi connectivity index (χ2n) is 5.78. The highest BCUT2D eigenvalue weighted by atomic mass is 32.1. The minimum atomic E-state index is -0.323. The number of nitrogens with one attached hydrogen (secondary N) is 1. The Labute approximate surface area is 155 Å². The molecular formula is C21H16N2O2S. The van der Waals surface area contributed by atoms with E-state index in [1.807, 2.05) is 42.5 Å². The van der Waals surface area contributed by atoms with Crippen LogP contribution in [0.4, 0.5) is 11.5 Å². The van der Waals surface area contributed by atoms with Gasteiger partial charge < -0.3 is 10.1 Å². The van der Waals surface area contributed by atoms with Gasteiger partial charge in [0.1, 0.15) is 10.7 Å². The van der Waals surface area contributed by atoms with Gasteiger partial charge in [-0.05, 0) is 40.8 Å². The van der Waals surface area contributed by atoms with Gasteiger partial charge in [0, 0.05) is 11.9 Å². The molecule has 128 valence electrons. The molecule has 2 aromatic carbocycles. The highest BCUT2D eigenvalue weighted by Gasteiger charge is 2.11. The van der Waals surface area contributed by atoms with E-state index in [1.54, 1.807) is 6.20 Å². The molecule has 0 bridgehead atoms. The highest BCUT2D eigenvalue weighted by molar-refractivity contribution is 7.20. The van der Waals surface area contributed by atoms with E-state index < -0.39 is 0 Å². The van der Waals surface area contributed by atoms with E-state index in [0.29, 0.717) is 4.88 Å².